The molecule has 0 spiro atoms. The predicted molar refractivity (Wildman–Crippen MR) is 62.4 cm³/mol. The van der Waals surface area contributed by atoms with E-state index < -0.39 is 0 Å². The van der Waals surface area contributed by atoms with Gasteiger partial charge in [0.1, 0.15) is 5.82 Å². The lowest BCUT2D eigenvalue weighted by atomic mass is 9.89. The second-order valence-electron chi connectivity index (χ2n) is 4.71. The Bertz CT molecular complexity index is 326. The van der Waals surface area contributed by atoms with E-state index in [-0.39, 0.29) is 0 Å². The molecule has 82 valence electrons. The van der Waals surface area contributed by atoms with Crippen LogP contribution in [0.1, 0.15) is 56.7 Å². The van der Waals surface area contributed by atoms with Gasteiger partial charge in [0.15, 0.2) is 0 Å². The van der Waals surface area contributed by atoms with Crippen LogP contribution in [0.15, 0.2) is 0 Å². The summed E-state index contributed by atoms with van der Waals surface area (Å²) in [6.45, 7) is 0. The predicted octanol–water partition coefficient (Wildman–Crippen LogP) is 3.16. The first-order valence-corrected chi connectivity index (χ1v) is 6.79. The molecule has 1 N–H and O–H groups in total. The Morgan fingerprint density at radius 3 is 2.60 bits per heavy atom. The number of hydrogen-bond donors (Lipinski definition) is 1. The maximum absolute atomic E-state index is 4.61. The summed E-state index contributed by atoms with van der Waals surface area (Å²) in [5.74, 6) is 1.74. The normalized spacial score (nSPS) is 22.9. The van der Waals surface area contributed by atoms with Crippen LogP contribution in [0.5, 0.6) is 0 Å². The van der Waals surface area contributed by atoms with Crippen molar-refractivity contribution in [1.29, 1.82) is 0 Å². The zero-order valence-electron chi connectivity index (χ0n) is 8.91. The maximum atomic E-state index is 4.61. The number of rotatable bonds is 3. The van der Waals surface area contributed by atoms with E-state index in [1.54, 1.807) is 0 Å². The van der Waals surface area contributed by atoms with Crippen LogP contribution in [0.4, 0.5) is 5.13 Å². The molecule has 0 aliphatic heterocycles. The van der Waals surface area contributed by atoms with Crippen LogP contribution in [0.25, 0.3) is 0 Å². The molecule has 2 aliphatic carbocycles. The molecule has 0 unspecified atom stereocenters. The first-order chi connectivity index (χ1) is 7.42. The molecule has 0 aromatic carbocycles. The molecule has 15 heavy (non-hydrogen) atoms. The molecule has 0 amide bonds. The summed E-state index contributed by atoms with van der Waals surface area (Å²) in [5.41, 5.74) is 0. The molecular formula is C11H17N3S. The van der Waals surface area contributed by atoms with Crippen LogP contribution in [0, 0.1) is 0 Å². The van der Waals surface area contributed by atoms with Gasteiger partial charge in [-0.2, -0.15) is 4.37 Å². The van der Waals surface area contributed by atoms with Gasteiger partial charge in [-0.15, -0.1) is 0 Å². The number of nitrogens with zero attached hydrogens (tertiary/aromatic N) is 2. The first kappa shape index (κ1) is 9.58. The molecule has 3 nitrogen and oxygen atoms in total. The zero-order chi connectivity index (χ0) is 10.1. The fourth-order valence-corrected chi connectivity index (χ4v) is 2.95. The summed E-state index contributed by atoms with van der Waals surface area (Å²) in [7, 11) is 0. The molecule has 3 rings (SSSR count). The highest BCUT2D eigenvalue weighted by Crippen LogP contribution is 2.33. The van der Waals surface area contributed by atoms with Crippen molar-refractivity contribution >= 4 is 16.7 Å². The summed E-state index contributed by atoms with van der Waals surface area (Å²) in [5, 5.41) is 4.46. The Kier molecular flexibility index (Phi) is 2.61. The fraction of sp³-hybridized carbons (Fsp3) is 0.818. The second kappa shape index (κ2) is 4.08. The Morgan fingerprint density at radius 2 is 1.87 bits per heavy atom. The molecule has 4 heteroatoms. The third kappa shape index (κ3) is 2.30. The van der Waals surface area contributed by atoms with Gasteiger partial charge in [-0.3, -0.25) is 0 Å². The Balaban J connectivity index is 1.65. The van der Waals surface area contributed by atoms with Crippen LogP contribution in [-0.2, 0) is 0 Å². The topological polar surface area (TPSA) is 37.8 Å². The highest BCUT2D eigenvalue weighted by molar-refractivity contribution is 7.09. The molecule has 1 aromatic heterocycles. The minimum absolute atomic E-state index is 0.643. The first-order valence-electron chi connectivity index (χ1n) is 6.02. The van der Waals surface area contributed by atoms with Crippen molar-refractivity contribution in [2.45, 2.75) is 56.9 Å². The molecule has 0 saturated heterocycles. The van der Waals surface area contributed by atoms with Gasteiger partial charge in [-0.25, -0.2) is 4.98 Å². The quantitative estimate of drug-likeness (QED) is 0.855. The molecule has 1 heterocycles. The standard InChI is InChI=1S/C11H17N3S/c1-2-4-8(5-3-1)10-13-11(15-14-10)12-9-6-7-9/h8-9H,1-7H2,(H,12,13,14). The molecule has 0 atom stereocenters. The van der Waals surface area contributed by atoms with Gasteiger partial charge >= 0.3 is 0 Å². The van der Waals surface area contributed by atoms with Gasteiger partial charge in [0.2, 0.25) is 5.13 Å². The van der Waals surface area contributed by atoms with Gasteiger partial charge in [0.25, 0.3) is 0 Å². The number of hydrogen-bond acceptors (Lipinski definition) is 4. The molecule has 0 bridgehead atoms. The van der Waals surface area contributed by atoms with Crippen LogP contribution < -0.4 is 5.32 Å². The highest BCUT2D eigenvalue weighted by Gasteiger charge is 2.24. The largest absolute Gasteiger partial charge is 0.358 e. The summed E-state index contributed by atoms with van der Waals surface area (Å²) >= 11 is 1.54. The lowest BCUT2D eigenvalue weighted by molar-refractivity contribution is 0.432. The molecule has 0 radical (unpaired) electrons. The van der Waals surface area contributed by atoms with E-state index in [0.717, 1.165) is 11.0 Å². The van der Waals surface area contributed by atoms with E-state index in [2.05, 4.69) is 14.7 Å². The molecule has 1 aromatic rings. The monoisotopic (exact) mass is 223 g/mol. The van der Waals surface area contributed by atoms with Gasteiger partial charge < -0.3 is 5.32 Å². The van der Waals surface area contributed by atoms with E-state index in [0.29, 0.717) is 12.0 Å². The minimum Gasteiger partial charge on any atom is -0.358 e. The second-order valence-corrected chi connectivity index (χ2v) is 5.46. The van der Waals surface area contributed by atoms with E-state index in [9.17, 15) is 0 Å². The van der Waals surface area contributed by atoms with Gasteiger partial charge in [-0.05, 0) is 25.7 Å². The highest BCUT2D eigenvalue weighted by atomic mass is 32.1. The van der Waals surface area contributed by atoms with E-state index in [1.165, 1.54) is 56.5 Å². The molecule has 2 saturated carbocycles. The van der Waals surface area contributed by atoms with Crippen molar-refractivity contribution in [1.82, 2.24) is 9.36 Å². The smallest absolute Gasteiger partial charge is 0.202 e. The van der Waals surface area contributed by atoms with Crippen LogP contribution in [0.3, 0.4) is 0 Å². The average Bonchev–Trinajstić information content (AvgIpc) is 2.96. The third-order valence-corrected chi connectivity index (χ3v) is 3.98. The maximum Gasteiger partial charge on any atom is 0.202 e. The minimum atomic E-state index is 0.643. The van der Waals surface area contributed by atoms with E-state index in [4.69, 9.17) is 0 Å². The van der Waals surface area contributed by atoms with Crippen LogP contribution in [-0.4, -0.2) is 15.4 Å². The summed E-state index contributed by atoms with van der Waals surface area (Å²) in [6, 6.07) is 0.692. The Hall–Kier alpha value is -0.640. The molecule has 2 aliphatic rings. The van der Waals surface area contributed by atoms with Gasteiger partial charge in [0, 0.05) is 23.5 Å². The lowest BCUT2D eigenvalue weighted by Crippen LogP contribution is -2.06. The lowest BCUT2D eigenvalue weighted by Gasteiger charge is -2.18. The van der Waals surface area contributed by atoms with Crippen LogP contribution >= 0.6 is 11.5 Å². The van der Waals surface area contributed by atoms with Crippen molar-refractivity contribution in [2.24, 2.45) is 0 Å². The van der Waals surface area contributed by atoms with Crippen molar-refractivity contribution in [3.8, 4) is 0 Å². The summed E-state index contributed by atoms with van der Waals surface area (Å²) < 4.78 is 4.49. The number of nitrogens with one attached hydrogen (secondary N) is 1. The Labute approximate surface area is 94.5 Å². The number of aromatic nitrogens is 2. The van der Waals surface area contributed by atoms with Crippen molar-refractivity contribution in [2.75, 3.05) is 5.32 Å². The summed E-state index contributed by atoms with van der Waals surface area (Å²) in [6.07, 6.45) is 9.30. The number of anilines is 1. The third-order valence-electron chi connectivity index (χ3n) is 3.32. The van der Waals surface area contributed by atoms with Crippen molar-refractivity contribution in [3.63, 3.8) is 0 Å². The Morgan fingerprint density at radius 1 is 1.07 bits per heavy atom. The fourth-order valence-electron chi connectivity index (χ4n) is 2.22. The van der Waals surface area contributed by atoms with E-state index >= 15 is 0 Å². The SMILES string of the molecule is C1CCC(c2nsc(NC3CC3)n2)CC1. The average molecular weight is 223 g/mol. The van der Waals surface area contributed by atoms with Gasteiger partial charge in [-0.1, -0.05) is 19.3 Å². The van der Waals surface area contributed by atoms with Gasteiger partial charge in [0.05, 0.1) is 0 Å². The molecular weight excluding hydrogens is 206 g/mol. The van der Waals surface area contributed by atoms with Crippen molar-refractivity contribution in [3.05, 3.63) is 5.82 Å². The van der Waals surface area contributed by atoms with Crippen LogP contribution in [0.2, 0.25) is 0 Å². The zero-order valence-corrected chi connectivity index (χ0v) is 9.72. The summed E-state index contributed by atoms with van der Waals surface area (Å²) in [4.78, 5) is 4.61. The van der Waals surface area contributed by atoms with Crippen molar-refractivity contribution < 1.29 is 0 Å². The molecule has 2 fully saturated rings. The van der Waals surface area contributed by atoms with E-state index in [1.807, 2.05) is 0 Å².